The van der Waals surface area contributed by atoms with E-state index in [9.17, 15) is 0 Å². The van der Waals surface area contributed by atoms with Crippen molar-refractivity contribution in [2.75, 3.05) is 5.32 Å². The van der Waals surface area contributed by atoms with Gasteiger partial charge in [0.2, 0.25) is 0 Å². The molecule has 0 saturated heterocycles. The van der Waals surface area contributed by atoms with E-state index in [0.29, 0.717) is 0 Å². The average molecular weight is 297 g/mol. The second kappa shape index (κ2) is 5.74. The summed E-state index contributed by atoms with van der Waals surface area (Å²) in [6.07, 6.45) is 0. The Kier molecular flexibility index (Phi) is 3.80. The fraction of sp³-hybridized carbons (Fsp3) is 0.167. The van der Waals surface area contributed by atoms with E-state index in [2.05, 4.69) is 41.5 Å². The van der Waals surface area contributed by atoms with E-state index < -0.39 is 0 Å². The highest BCUT2D eigenvalue weighted by Gasteiger charge is 2.09. The molecule has 0 spiro atoms. The summed E-state index contributed by atoms with van der Waals surface area (Å²) in [5.41, 5.74) is 4.23. The van der Waals surface area contributed by atoms with Crippen molar-refractivity contribution in [3.63, 3.8) is 0 Å². The van der Waals surface area contributed by atoms with Gasteiger partial charge in [-0.25, -0.2) is 0 Å². The summed E-state index contributed by atoms with van der Waals surface area (Å²) >= 11 is 6.07. The van der Waals surface area contributed by atoms with Gasteiger partial charge in [-0.3, -0.25) is 4.98 Å². The Morgan fingerprint density at radius 1 is 1.05 bits per heavy atom. The van der Waals surface area contributed by atoms with Gasteiger partial charge in [-0.05, 0) is 43.7 Å². The molecule has 1 N–H and O–H groups in total. The number of rotatable bonds is 3. The third-order valence-corrected chi connectivity index (χ3v) is 3.82. The lowest BCUT2D eigenvalue weighted by molar-refractivity contribution is 0.886. The summed E-state index contributed by atoms with van der Waals surface area (Å²) in [7, 11) is 0. The zero-order chi connectivity index (χ0) is 14.8. The molecule has 2 nitrogen and oxygen atoms in total. The topological polar surface area (TPSA) is 24.9 Å². The lowest BCUT2D eigenvalue weighted by Gasteiger charge is -2.17. The van der Waals surface area contributed by atoms with Crippen LogP contribution in [0.1, 0.15) is 24.2 Å². The van der Waals surface area contributed by atoms with Crippen LogP contribution in [0.3, 0.4) is 0 Å². The number of pyridine rings is 1. The molecule has 0 bridgehead atoms. The fourth-order valence-electron chi connectivity index (χ4n) is 2.45. The monoisotopic (exact) mass is 296 g/mol. The third-order valence-electron chi connectivity index (χ3n) is 3.58. The number of anilines is 1. The smallest absolute Gasteiger partial charge is 0.0936 e. The molecule has 0 aliphatic heterocycles. The molecular weight excluding hydrogens is 280 g/mol. The van der Waals surface area contributed by atoms with Gasteiger partial charge >= 0.3 is 0 Å². The average Bonchev–Trinajstić information content (AvgIpc) is 2.48. The van der Waals surface area contributed by atoms with Crippen LogP contribution in [0.5, 0.6) is 0 Å². The molecule has 0 aliphatic carbocycles. The van der Waals surface area contributed by atoms with Gasteiger partial charge in [0.15, 0.2) is 0 Å². The summed E-state index contributed by atoms with van der Waals surface area (Å²) in [4.78, 5) is 4.65. The molecule has 2 aromatic carbocycles. The number of nitrogens with zero attached hydrogens (tertiary/aromatic N) is 1. The van der Waals surface area contributed by atoms with Gasteiger partial charge in [0.25, 0.3) is 0 Å². The van der Waals surface area contributed by atoms with Crippen molar-refractivity contribution in [2.45, 2.75) is 19.9 Å². The number of hydrogen-bond acceptors (Lipinski definition) is 2. The number of aromatic nitrogens is 1. The summed E-state index contributed by atoms with van der Waals surface area (Å²) in [6.45, 7) is 4.14. The highest BCUT2D eigenvalue weighted by Crippen LogP contribution is 2.27. The number of fused-ring (bicyclic) bond motifs is 1. The van der Waals surface area contributed by atoms with Crippen LogP contribution in [0.2, 0.25) is 5.02 Å². The van der Waals surface area contributed by atoms with E-state index in [0.717, 1.165) is 32.9 Å². The summed E-state index contributed by atoms with van der Waals surface area (Å²) in [5, 5.41) is 5.43. The highest BCUT2D eigenvalue weighted by atomic mass is 35.5. The second-order valence-corrected chi connectivity index (χ2v) is 5.69. The standard InChI is InChI=1S/C18H17ClN2/c1-12-9-10-14-5-4-8-17(18(14)20-12)21-13(2)15-6-3-7-16(19)11-15/h3-11,13,21H,1-2H3. The van der Waals surface area contributed by atoms with Crippen molar-refractivity contribution >= 4 is 28.2 Å². The Morgan fingerprint density at radius 2 is 1.86 bits per heavy atom. The van der Waals surface area contributed by atoms with Crippen LogP contribution in [0.4, 0.5) is 5.69 Å². The largest absolute Gasteiger partial charge is 0.377 e. The predicted octanol–water partition coefficient (Wildman–Crippen LogP) is 5.37. The summed E-state index contributed by atoms with van der Waals surface area (Å²) in [6, 6.07) is 18.4. The first-order valence-corrected chi connectivity index (χ1v) is 7.39. The molecule has 3 heteroatoms. The maximum absolute atomic E-state index is 6.07. The molecule has 0 aliphatic rings. The number of benzene rings is 2. The molecular formula is C18H17ClN2. The lowest BCUT2D eigenvalue weighted by atomic mass is 10.1. The quantitative estimate of drug-likeness (QED) is 0.703. The Hall–Kier alpha value is -2.06. The van der Waals surface area contributed by atoms with Crippen molar-refractivity contribution < 1.29 is 0 Å². The molecule has 1 atom stereocenters. The van der Waals surface area contributed by atoms with E-state index >= 15 is 0 Å². The van der Waals surface area contributed by atoms with Crippen LogP contribution < -0.4 is 5.32 Å². The molecule has 106 valence electrons. The van der Waals surface area contributed by atoms with E-state index in [1.807, 2.05) is 37.3 Å². The molecule has 1 heterocycles. The molecule has 3 aromatic rings. The van der Waals surface area contributed by atoms with Crippen molar-refractivity contribution in [3.8, 4) is 0 Å². The second-order valence-electron chi connectivity index (χ2n) is 5.25. The molecule has 21 heavy (non-hydrogen) atoms. The van der Waals surface area contributed by atoms with Gasteiger partial charge in [0, 0.05) is 22.1 Å². The first-order valence-electron chi connectivity index (χ1n) is 7.02. The molecule has 1 aromatic heterocycles. The maximum Gasteiger partial charge on any atom is 0.0936 e. The SMILES string of the molecule is Cc1ccc2cccc(NC(C)c3cccc(Cl)c3)c2n1. The van der Waals surface area contributed by atoms with Crippen molar-refractivity contribution in [3.05, 3.63) is 70.9 Å². The molecule has 1 unspecified atom stereocenters. The van der Waals surface area contributed by atoms with Crippen LogP contribution >= 0.6 is 11.6 Å². The third kappa shape index (κ3) is 3.01. The minimum atomic E-state index is 0.164. The van der Waals surface area contributed by atoms with E-state index in [1.54, 1.807) is 0 Å². The van der Waals surface area contributed by atoms with Gasteiger partial charge in [-0.1, -0.05) is 41.9 Å². The Bertz CT molecular complexity index is 783. The molecule has 0 saturated carbocycles. The summed E-state index contributed by atoms with van der Waals surface area (Å²) in [5.74, 6) is 0. The molecule has 0 fully saturated rings. The van der Waals surface area contributed by atoms with Gasteiger partial charge in [-0.15, -0.1) is 0 Å². The molecule has 3 rings (SSSR count). The number of para-hydroxylation sites is 1. The van der Waals surface area contributed by atoms with Crippen LogP contribution in [0.25, 0.3) is 10.9 Å². The Labute approximate surface area is 129 Å². The zero-order valence-corrected chi connectivity index (χ0v) is 12.9. The number of halogens is 1. The van der Waals surface area contributed by atoms with Crippen molar-refractivity contribution in [1.29, 1.82) is 0 Å². The zero-order valence-electron chi connectivity index (χ0n) is 12.1. The van der Waals surface area contributed by atoms with Crippen molar-refractivity contribution in [1.82, 2.24) is 4.98 Å². The number of nitrogens with one attached hydrogen (secondary N) is 1. The fourth-order valence-corrected chi connectivity index (χ4v) is 2.65. The maximum atomic E-state index is 6.07. The Balaban J connectivity index is 1.96. The van der Waals surface area contributed by atoms with E-state index in [1.165, 1.54) is 0 Å². The minimum absolute atomic E-state index is 0.164. The Morgan fingerprint density at radius 3 is 2.67 bits per heavy atom. The summed E-state index contributed by atoms with van der Waals surface area (Å²) < 4.78 is 0. The van der Waals surface area contributed by atoms with Crippen molar-refractivity contribution in [2.24, 2.45) is 0 Å². The van der Waals surface area contributed by atoms with Gasteiger partial charge in [0.1, 0.15) is 0 Å². The highest BCUT2D eigenvalue weighted by molar-refractivity contribution is 6.30. The van der Waals surface area contributed by atoms with Gasteiger partial charge in [0.05, 0.1) is 11.2 Å². The minimum Gasteiger partial charge on any atom is -0.377 e. The predicted molar refractivity (Wildman–Crippen MR) is 90.0 cm³/mol. The van der Waals surface area contributed by atoms with Gasteiger partial charge in [-0.2, -0.15) is 0 Å². The van der Waals surface area contributed by atoms with E-state index in [-0.39, 0.29) is 6.04 Å². The number of hydrogen-bond donors (Lipinski definition) is 1. The van der Waals surface area contributed by atoms with Gasteiger partial charge < -0.3 is 5.32 Å². The number of aryl methyl sites for hydroxylation is 1. The van der Waals surface area contributed by atoms with E-state index in [4.69, 9.17) is 11.6 Å². The molecule has 0 amide bonds. The van der Waals surface area contributed by atoms with Crippen LogP contribution in [-0.2, 0) is 0 Å². The first kappa shape index (κ1) is 13.9. The lowest BCUT2D eigenvalue weighted by Crippen LogP contribution is -2.07. The van der Waals surface area contributed by atoms with Crippen LogP contribution in [-0.4, -0.2) is 4.98 Å². The molecule has 0 radical (unpaired) electrons. The van der Waals surface area contributed by atoms with Crippen LogP contribution in [0, 0.1) is 6.92 Å². The first-order chi connectivity index (χ1) is 10.1. The normalized spacial score (nSPS) is 12.3. The van der Waals surface area contributed by atoms with Crippen LogP contribution in [0.15, 0.2) is 54.6 Å².